The second kappa shape index (κ2) is 42.4. The minimum absolute atomic E-state index is 0.329. The molecule has 0 fully saturated rings. The van der Waals surface area contributed by atoms with Gasteiger partial charge in [0.05, 0.1) is 26.4 Å². The van der Waals surface area contributed by atoms with Crippen LogP contribution in [-0.2, 0) is 4.74 Å². The summed E-state index contributed by atoms with van der Waals surface area (Å²) in [5.41, 5.74) is 0. The summed E-state index contributed by atoms with van der Waals surface area (Å²) in [6, 6.07) is 75.5. The van der Waals surface area contributed by atoms with E-state index in [-0.39, 0.29) is 0 Å². The van der Waals surface area contributed by atoms with Gasteiger partial charge in [-0.1, -0.05) is 121 Å². The van der Waals surface area contributed by atoms with Gasteiger partial charge >= 0.3 is 0 Å². The zero-order valence-corrected chi connectivity index (χ0v) is 57.9. The van der Waals surface area contributed by atoms with Crippen molar-refractivity contribution in [1.29, 1.82) is 0 Å². The Hall–Kier alpha value is -11.8. The summed E-state index contributed by atoms with van der Waals surface area (Å²) in [6.45, 7) is 8.33. The van der Waals surface area contributed by atoms with Crippen molar-refractivity contribution >= 4 is 0 Å². The van der Waals surface area contributed by atoms with E-state index < -0.39 is 0 Å². The normalized spacial score (nSPS) is 15.2. The van der Waals surface area contributed by atoms with E-state index in [0.29, 0.717) is 260 Å². The molecule has 0 N–H and O–H groups in total. The topological polar surface area (TPSA) is 194 Å². The number of hydrogen-bond donors (Lipinski definition) is 0. The second-order valence-corrected chi connectivity index (χ2v) is 22.4. The Morgan fingerprint density at radius 2 is 0.192 bits per heavy atom. The van der Waals surface area contributed by atoms with E-state index in [0.717, 1.165) is 6.42 Å². The maximum absolute atomic E-state index is 5.95. The highest BCUT2D eigenvalue weighted by Crippen LogP contribution is 2.35. The van der Waals surface area contributed by atoms with E-state index in [1.54, 1.807) is 0 Å². The van der Waals surface area contributed by atoms with Crippen LogP contribution in [0, 0.1) is 0 Å². The molecule has 0 spiro atoms. The predicted octanol–water partition coefficient (Wildman–Crippen LogP) is 15.0. The summed E-state index contributed by atoms with van der Waals surface area (Å²) in [5.74, 6) is 13.1. The van der Waals surface area contributed by atoms with E-state index in [2.05, 4.69) is 0 Å². The molecule has 0 unspecified atom stereocenters. The van der Waals surface area contributed by atoms with Crippen molar-refractivity contribution in [3.63, 3.8) is 0 Å². The van der Waals surface area contributed by atoms with E-state index >= 15 is 0 Å². The Morgan fingerprint density at radius 1 is 0.106 bits per heavy atom. The van der Waals surface area contributed by atoms with Crippen LogP contribution in [0.3, 0.4) is 0 Å². The second-order valence-electron chi connectivity index (χ2n) is 22.4. The van der Waals surface area contributed by atoms with Crippen LogP contribution in [0.4, 0.5) is 0 Å². The minimum atomic E-state index is 0.329. The molecule has 10 aromatic rings. The minimum Gasteiger partial charge on any atom is -0.490 e. The SMILES string of the molecule is c1ccc2c(c1)OCCCOc1ccccc1OCCOc1ccccc1OCCO2.c1ccc2c(c1)OCCOCCOc1ccccc1OCCOc1ccccc1OCCO2.c1ccc2c(c1)OCCOc1ccccc1OCCOc1ccccc1OCCOc1ccccc1OCCO2. The van der Waals surface area contributed by atoms with Crippen LogP contribution >= 0.6 is 0 Å². The van der Waals surface area contributed by atoms with Crippen molar-refractivity contribution in [1.82, 2.24) is 0 Å². The van der Waals surface area contributed by atoms with Crippen molar-refractivity contribution in [3.8, 4) is 115 Å². The molecule has 0 saturated heterocycles. The predicted molar refractivity (Wildman–Crippen MR) is 390 cm³/mol. The van der Waals surface area contributed by atoms with Crippen LogP contribution in [0.1, 0.15) is 6.42 Å². The van der Waals surface area contributed by atoms with Gasteiger partial charge in [0.15, 0.2) is 115 Å². The standard InChI is InChI=1S/C32H32O8.C26H28O7.C25H26O6/c1-2-10-26-25(9-1)33-17-18-35-27-11-3-4-12-28(27)37-21-22-39-31-15-7-8-16-32(31)40-24-23-38-30-14-6-5-13-29(30)36-20-19-34-26;1-3-9-23-21(7-1)28-15-13-27-14-16-29-22-8-2-4-10-24(22)31-18-20-33-26-12-6-5-11-25(26)32-19-17-30-23;1-3-10-22-20(8-1)26-14-7-15-27-21-9-2-4-11-23(21)29-17-19-31-25-13-6-5-12-24(25)30-18-16-28-22/h1-16H,17-24H2;1-12H,13-20H2;1-6,8-13H,7,14-19H2. The van der Waals surface area contributed by atoms with Gasteiger partial charge in [-0.2, -0.15) is 0 Å². The molecule has 3 aliphatic heterocycles. The van der Waals surface area contributed by atoms with E-state index in [1.807, 2.05) is 243 Å². The molecule has 0 saturated carbocycles. The zero-order valence-electron chi connectivity index (χ0n) is 57.9. The Labute approximate surface area is 606 Å². The average molecular weight is 1420 g/mol. The molecule has 0 aromatic heterocycles. The lowest BCUT2D eigenvalue weighted by atomic mass is 10.3. The summed E-state index contributed by atoms with van der Waals surface area (Å²) in [5, 5.41) is 0. The lowest BCUT2D eigenvalue weighted by Gasteiger charge is -2.17. The third-order valence-electron chi connectivity index (χ3n) is 15.1. The summed E-state index contributed by atoms with van der Waals surface area (Å²) >= 11 is 0. The molecule has 3 aliphatic rings. The number of rotatable bonds is 0. The Balaban J connectivity index is 0.000000158. The molecule has 0 aliphatic carbocycles. The van der Waals surface area contributed by atoms with Gasteiger partial charge in [-0.3, -0.25) is 0 Å². The van der Waals surface area contributed by atoms with E-state index in [1.165, 1.54) is 0 Å². The van der Waals surface area contributed by atoms with Crippen molar-refractivity contribution < 1.29 is 99.5 Å². The van der Waals surface area contributed by atoms with E-state index in [9.17, 15) is 0 Å². The number of ether oxygens (including phenoxy) is 21. The number of benzene rings is 10. The number of hydrogen-bond acceptors (Lipinski definition) is 21. The maximum atomic E-state index is 5.95. The van der Waals surface area contributed by atoms with Gasteiger partial charge in [-0.05, 0) is 121 Å². The molecule has 21 heteroatoms. The molecule has 0 atom stereocenters. The fraction of sp³-hybridized carbons (Fsp3) is 0.277. The van der Waals surface area contributed by atoms with Crippen LogP contribution in [0.25, 0.3) is 0 Å². The highest BCUT2D eigenvalue weighted by atomic mass is 16.6. The van der Waals surface area contributed by atoms with Gasteiger partial charge in [0.2, 0.25) is 0 Å². The van der Waals surface area contributed by atoms with Gasteiger partial charge in [-0.25, -0.2) is 0 Å². The van der Waals surface area contributed by atoms with Gasteiger partial charge in [-0.15, -0.1) is 0 Å². The molecule has 3 heterocycles. The summed E-state index contributed by atoms with van der Waals surface area (Å²) in [7, 11) is 0. The average Bonchev–Trinajstić information content (AvgIpc) is 1.29. The summed E-state index contributed by atoms with van der Waals surface area (Å²) < 4.78 is 124. The van der Waals surface area contributed by atoms with Gasteiger partial charge < -0.3 is 99.5 Å². The summed E-state index contributed by atoms with van der Waals surface area (Å²) in [6.07, 6.45) is 0.726. The Kier molecular flexibility index (Phi) is 29.9. The largest absolute Gasteiger partial charge is 0.490 e. The smallest absolute Gasteiger partial charge is 0.161 e. The third kappa shape index (κ3) is 24.2. The van der Waals surface area contributed by atoms with Crippen molar-refractivity contribution in [2.75, 3.05) is 145 Å². The number of fused-ring (bicyclic) bond motifs is 10. The van der Waals surface area contributed by atoms with Gasteiger partial charge in [0.1, 0.15) is 119 Å². The fourth-order valence-electron chi connectivity index (χ4n) is 10.3. The highest BCUT2D eigenvalue weighted by Gasteiger charge is 2.16. The molecule has 13 rings (SSSR count). The van der Waals surface area contributed by atoms with Crippen LogP contribution in [0.5, 0.6) is 115 Å². The van der Waals surface area contributed by atoms with Gasteiger partial charge in [0, 0.05) is 6.42 Å². The fourth-order valence-corrected chi connectivity index (χ4v) is 10.3. The van der Waals surface area contributed by atoms with Crippen LogP contribution in [-0.4, -0.2) is 145 Å². The number of para-hydroxylation sites is 20. The van der Waals surface area contributed by atoms with Crippen LogP contribution in [0.15, 0.2) is 243 Å². The maximum Gasteiger partial charge on any atom is 0.161 e. The Bertz CT molecular complexity index is 3650. The lowest BCUT2D eigenvalue weighted by molar-refractivity contribution is 0.0743. The van der Waals surface area contributed by atoms with Gasteiger partial charge in [0.25, 0.3) is 0 Å². The first-order chi connectivity index (χ1) is 51.7. The molecule has 104 heavy (non-hydrogen) atoms. The van der Waals surface area contributed by atoms with Crippen molar-refractivity contribution in [3.05, 3.63) is 243 Å². The molecule has 10 aromatic carbocycles. The summed E-state index contributed by atoms with van der Waals surface area (Å²) in [4.78, 5) is 0. The van der Waals surface area contributed by atoms with Crippen LogP contribution < -0.4 is 94.7 Å². The molecule has 21 nitrogen and oxygen atoms in total. The van der Waals surface area contributed by atoms with Crippen LogP contribution in [0.2, 0.25) is 0 Å². The molecule has 544 valence electrons. The first-order valence-electron chi connectivity index (χ1n) is 34.7. The van der Waals surface area contributed by atoms with E-state index in [4.69, 9.17) is 99.5 Å². The Morgan fingerprint density at radius 3 is 0.298 bits per heavy atom. The zero-order chi connectivity index (χ0) is 70.9. The van der Waals surface area contributed by atoms with Crippen molar-refractivity contribution in [2.45, 2.75) is 6.42 Å². The lowest BCUT2D eigenvalue weighted by Crippen LogP contribution is -2.14. The van der Waals surface area contributed by atoms with Crippen molar-refractivity contribution in [2.24, 2.45) is 0 Å². The monoisotopic (exact) mass is 1420 g/mol. The molecular weight excluding hydrogens is 1330 g/mol. The molecule has 0 amide bonds. The molecule has 0 radical (unpaired) electrons. The highest BCUT2D eigenvalue weighted by molar-refractivity contribution is 5.46. The first-order valence-corrected chi connectivity index (χ1v) is 34.7. The molecule has 0 bridgehead atoms. The quantitative estimate of drug-likeness (QED) is 0.139. The third-order valence-corrected chi connectivity index (χ3v) is 15.1. The first kappa shape index (κ1) is 73.4. The molecular formula is C83H86O21.